The van der Waals surface area contributed by atoms with Gasteiger partial charge in [0.25, 0.3) is 5.79 Å². The minimum atomic E-state index is -2.42. The number of alkyl carbamates (subject to hydrolysis) is 1. The molecular weight excluding hydrogens is 636 g/mol. The number of amides is 2. The number of ether oxygens (including phenoxy) is 9. The molecule has 0 aromatic carbocycles. The molecule has 47 heavy (non-hydrogen) atoms. The predicted octanol–water partition coefficient (Wildman–Crippen LogP) is -3.00. The first kappa shape index (κ1) is 42.8. The zero-order chi connectivity index (χ0) is 35.2. The maximum atomic E-state index is 12.7. The lowest BCUT2D eigenvalue weighted by atomic mass is 9.88. The summed E-state index contributed by atoms with van der Waals surface area (Å²) in [5.41, 5.74) is 0. The van der Waals surface area contributed by atoms with E-state index in [2.05, 4.69) is 10.6 Å². The van der Waals surface area contributed by atoms with E-state index in [1.54, 1.807) is 14.2 Å². The first-order valence-electron chi connectivity index (χ1n) is 15.2. The van der Waals surface area contributed by atoms with Gasteiger partial charge in [0.1, 0.15) is 37.6 Å². The summed E-state index contributed by atoms with van der Waals surface area (Å²) in [5.74, 6) is -4.92. The first-order valence-corrected chi connectivity index (χ1v) is 15.2. The Labute approximate surface area is 273 Å². The van der Waals surface area contributed by atoms with Gasteiger partial charge in [0.15, 0.2) is 0 Å². The molecule has 1 aliphatic rings. The third kappa shape index (κ3) is 16.6. The lowest BCUT2D eigenvalue weighted by Gasteiger charge is -2.47. The minimum Gasteiger partial charge on any atom is -0.477 e. The van der Waals surface area contributed by atoms with Gasteiger partial charge in [-0.2, -0.15) is 0 Å². The first-order chi connectivity index (χ1) is 22.4. The molecule has 2 unspecified atom stereocenters. The van der Waals surface area contributed by atoms with Crippen LogP contribution in [-0.4, -0.2) is 185 Å². The van der Waals surface area contributed by atoms with Crippen molar-refractivity contribution in [2.75, 3.05) is 93.4 Å². The van der Waals surface area contributed by atoms with Crippen molar-refractivity contribution in [1.82, 2.24) is 10.6 Å². The van der Waals surface area contributed by atoms with E-state index in [9.17, 15) is 39.9 Å². The van der Waals surface area contributed by atoms with Crippen LogP contribution in [0.25, 0.3) is 0 Å². The summed E-state index contributed by atoms with van der Waals surface area (Å²) in [5, 5.41) is 55.2. The highest BCUT2D eigenvalue weighted by Gasteiger charge is 2.56. The lowest BCUT2D eigenvalue weighted by Crippen LogP contribution is -2.68. The summed E-state index contributed by atoms with van der Waals surface area (Å²) in [6, 6.07) is -1.47. The molecule has 2 amide bonds. The van der Waals surface area contributed by atoms with Crippen molar-refractivity contribution < 1.29 is 82.5 Å². The molecule has 1 heterocycles. The van der Waals surface area contributed by atoms with Crippen LogP contribution in [0.15, 0.2) is 0 Å². The number of aliphatic hydroxyl groups is 4. The number of nitrogens with one attached hydrogen (secondary N) is 2. The molecule has 0 aromatic heterocycles. The van der Waals surface area contributed by atoms with Crippen molar-refractivity contribution in [3.05, 3.63) is 0 Å². The molecule has 1 rings (SSSR count). The Morgan fingerprint density at radius 2 is 1.51 bits per heavy atom. The van der Waals surface area contributed by atoms with Gasteiger partial charge in [-0.25, -0.2) is 9.59 Å². The molecule has 0 spiro atoms. The number of hydrogen-bond acceptors (Lipinski definition) is 16. The van der Waals surface area contributed by atoms with E-state index in [1.165, 1.54) is 13.8 Å². The smallest absolute Gasteiger partial charge is 0.407 e. The number of hydrogen-bond donors (Lipinski definition) is 7. The van der Waals surface area contributed by atoms with Gasteiger partial charge < -0.3 is 78.8 Å². The quantitative estimate of drug-likeness (QED) is 0.0447. The fraction of sp³-hybridized carbons (Fsp3) is 0.893. The number of methoxy groups -OCH3 is 2. The Morgan fingerprint density at radius 1 is 0.915 bits per heavy atom. The van der Waals surface area contributed by atoms with Crippen LogP contribution in [-0.2, 0) is 52.2 Å². The second-order valence-corrected chi connectivity index (χ2v) is 10.6. The topological polar surface area (TPSA) is 259 Å². The van der Waals surface area contributed by atoms with E-state index >= 15 is 0 Å². The zero-order valence-corrected chi connectivity index (χ0v) is 27.4. The Kier molecular flexibility index (Phi) is 21.8. The van der Waals surface area contributed by atoms with Crippen molar-refractivity contribution in [1.29, 1.82) is 0 Å². The van der Waals surface area contributed by atoms with Crippen LogP contribution in [0.3, 0.4) is 0 Å². The highest BCUT2D eigenvalue weighted by Crippen LogP contribution is 2.34. The Balaban J connectivity index is 2.72. The fourth-order valence-corrected chi connectivity index (χ4v) is 4.24. The summed E-state index contributed by atoms with van der Waals surface area (Å²) >= 11 is 0. The lowest BCUT2D eigenvalue weighted by molar-refractivity contribution is -0.319. The molecule has 7 N–H and O–H groups in total. The molecule has 1 fully saturated rings. The van der Waals surface area contributed by atoms with Crippen molar-refractivity contribution in [3.63, 3.8) is 0 Å². The number of carbonyl (C=O) groups is 3. The standard InChI is InChI=1S/C28H52N2O17/c1-18(2)46-28(26(36)37)13-20(32)23(25(47-28)24(35)21(33)15-31)30-22(34)14-29-27(38)45-17-19(44-12-11-42-8-6-40-4)16-43-10-9-41-7-5-39-3/h18-21,23-25,31-33,35H,5-17H2,1-4H3,(H,29,38)(H,30,34)(H,36,37)/t19?,20-,21+,23+,24+,25?,28-/m0/s1. The molecule has 0 aromatic rings. The number of aliphatic carboxylic acids is 1. The predicted molar refractivity (Wildman–Crippen MR) is 158 cm³/mol. The molecule has 276 valence electrons. The van der Waals surface area contributed by atoms with E-state index < -0.39 is 86.0 Å². The maximum Gasteiger partial charge on any atom is 0.407 e. The molecule has 1 aliphatic heterocycles. The third-order valence-corrected chi connectivity index (χ3v) is 6.48. The van der Waals surface area contributed by atoms with Crippen molar-refractivity contribution in [3.8, 4) is 0 Å². The summed E-state index contributed by atoms with van der Waals surface area (Å²) in [6.07, 6.45) is -10.2. The van der Waals surface area contributed by atoms with Crippen LogP contribution in [0.5, 0.6) is 0 Å². The number of carboxylic acid groups (broad SMARTS) is 1. The van der Waals surface area contributed by atoms with Crippen LogP contribution in [0.1, 0.15) is 20.3 Å². The van der Waals surface area contributed by atoms with Crippen LogP contribution < -0.4 is 10.6 Å². The summed E-state index contributed by atoms with van der Waals surface area (Å²) in [4.78, 5) is 37.2. The van der Waals surface area contributed by atoms with Gasteiger partial charge in [-0.15, -0.1) is 0 Å². The second kappa shape index (κ2) is 24.0. The highest BCUT2D eigenvalue weighted by atomic mass is 16.7. The van der Waals surface area contributed by atoms with Crippen LogP contribution in [0.2, 0.25) is 0 Å². The van der Waals surface area contributed by atoms with Gasteiger partial charge >= 0.3 is 12.1 Å². The molecule has 0 radical (unpaired) electrons. The number of rotatable bonds is 26. The summed E-state index contributed by atoms with van der Waals surface area (Å²) < 4.78 is 47.8. The Hall–Kier alpha value is -2.27. The van der Waals surface area contributed by atoms with Crippen LogP contribution >= 0.6 is 0 Å². The van der Waals surface area contributed by atoms with Crippen molar-refractivity contribution in [2.24, 2.45) is 0 Å². The fourth-order valence-electron chi connectivity index (χ4n) is 4.24. The largest absolute Gasteiger partial charge is 0.477 e. The molecule has 0 bridgehead atoms. The normalized spacial score (nSPS) is 23.2. The molecule has 7 atom stereocenters. The highest BCUT2D eigenvalue weighted by molar-refractivity contribution is 5.82. The second-order valence-electron chi connectivity index (χ2n) is 10.6. The molecule has 19 heteroatoms. The number of aliphatic hydroxyl groups excluding tert-OH is 4. The van der Waals surface area contributed by atoms with E-state index in [0.29, 0.717) is 33.0 Å². The zero-order valence-electron chi connectivity index (χ0n) is 27.4. The molecule has 1 saturated heterocycles. The molecule has 19 nitrogen and oxygen atoms in total. The van der Waals surface area contributed by atoms with Crippen LogP contribution in [0.4, 0.5) is 4.79 Å². The van der Waals surface area contributed by atoms with E-state index in [1.807, 2.05) is 0 Å². The SMILES string of the molecule is COCCOCCOCC(COC(=O)NCC(=O)N[C@H]1C([C@H](O)[C@H](O)CO)O[C@](OC(C)C)(C(=O)O)C[C@@H]1O)OCCOCCOC. The monoisotopic (exact) mass is 688 g/mol. The minimum absolute atomic E-state index is 0.0564. The van der Waals surface area contributed by atoms with Gasteiger partial charge in [-0.1, -0.05) is 0 Å². The van der Waals surface area contributed by atoms with Gasteiger partial charge in [-0.05, 0) is 13.8 Å². The summed E-state index contributed by atoms with van der Waals surface area (Å²) in [6.45, 7) is 3.89. The van der Waals surface area contributed by atoms with Gasteiger partial charge in [0.2, 0.25) is 5.91 Å². The van der Waals surface area contributed by atoms with E-state index in [-0.39, 0.29) is 33.0 Å². The molecule has 0 saturated carbocycles. The number of carboxylic acids is 1. The van der Waals surface area contributed by atoms with Gasteiger partial charge in [-0.3, -0.25) is 4.79 Å². The molecular formula is C28H52N2O17. The van der Waals surface area contributed by atoms with Crippen molar-refractivity contribution >= 4 is 18.0 Å². The van der Waals surface area contributed by atoms with Crippen LogP contribution in [0, 0.1) is 0 Å². The summed E-state index contributed by atoms with van der Waals surface area (Å²) in [7, 11) is 3.11. The average Bonchev–Trinajstić information content (AvgIpc) is 3.03. The van der Waals surface area contributed by atoms with E-state index in [4.69, 9.17) is 42.6 Å². The molecule has 0 aliphatic carbocycles. The maximum absolute atomic E-state index is 12.7. The van der Waals surface area contributed by atoms with E-state index in [0.717, 1.165) is 0 Å². The number of carbonyl (C=O) groups excluding carboxylic acids is 2. The van der Waals surface area contributed by atoms with Gasteiger partial charge in [0, 0.05) is 20.6 Å². The van der Waals surface area contributed by atoms with Gasteiger partial charge in [0.05, 0.1) is 84.3 Å². The Bertz CT molecular complexity index is 884. The Morgan fingerprint density at radius 3 is 2.09 bits per heavy atom. The third-order valence-electron chi connectivity index (χ3n) is 6.48. The average molecular weight is 689 g/mol. The van der Waals surface area contributed by atoms with Crippen molar-refractivity contribution in [2.45, 2.75) is 68.7 Å².